The molecule has 0 atom stereocenters. The number of halogens is 3. The fraction of sp³-hybridized carbons (Fsp3) is 0.333. The van der Waals surface area contributed by atoms with Crippen molar-refractivity contribution in [2.75, 3.05) is 0 Å². The van der Waals surface area contributed by atoms with Gasteiger partial charge in [0.25, 0.3) is 0 Å². The fourth-order valence-electron chi connectivity index (χ4n) is 2.90. The average molecular weight is 366 g/mol. The van der Waals surface area contributed by atoms with Crippen LogP contribution in [0.4, 0.5) is 13.2 Å². The third kappa shape index (κ3) is 3.92. The molecule has 0 aliphatic heterocycles. The summed E-state index contributed by atoms with van der Waals surface area (Å²) in [6.45, 7) is 1.87. The smallest absolute Gasteiger partial charge is 0.343 e. The topological polar surface area (TPSA) is 42.0 Å². The van der Waals surface area contributed by atoms with Crippen LogP contribution >= 0.6 is 11.3 Å². The van der Waals surface area contributed by atoms with E-state index in [1.54, 1.807) is 12.1 Å². The van der Waals surface area contributed by atoms with Crippen LogP contribution in [-0.2, 0) is 16.5 Å². The van der Waals surface area contributed by atoms with Gasteiger partial charge in [-0.2, -0.15) is 13.2 Å². The Morgan fingerprint density at radius 2 is 2.12 bits per heavy atom. The molecule has 0 spiro atoms. The van der Waals surface area contributed by atoms with Crippen molar-refractivity contribution < 1.29 is 18.0 Å². The van der Waals surface area contributed by atoms with Crippen molar-refractivity contribution in [3.63, 3.8) is 0 Å². The molecular formula is C18H17F3N2OS. The number of aromatic nitrogens is 1. The van der Waals surface area contributed by atoms with Crippen molar-refractivity contribution in [2.24, 2.45) is 0 Å². The van der Waals surface area contributed by atoms with Crippen LogP contribution in [0.15, 0.2) is 35.7 Å². The summed E-state index contributed by atoms with van der Waals surface area (Å²) in [5.74, 6) is -0.331. The first-order valence-corrected chi connectivity index (χ1v) is 8.77. The number of nitrogens with zero attached hydrogens (tertiary/aromatic N) is 1. The van der Waals surface area contributed by atoms with E-state index in [2.05, 4.69) is 10.3 Å². The SMILES string of the molecule is Cc1nc(C=CC(=O)NC2(c3cccc(C(F)(F)F)c3)CCC2)cs1. The monoisotopic (exact) mass is 366 g/mol. The zero-order chi connectivity index (χ0) is 18.1. The lowest BCUT2D eigenvalue weighted by atomic mass is 9.71. The summed E-state index contributed by atoms with van der Waals surface area (Å²) >= 11 is 1.49. The number of carbonyl (C=O) groups is 1. The van der Waals surface area contributed by atoms with Crippen molar-refractivity contribution in [1.29, 1.82) is 0 Å². The van der Waals surface area contributed by atoms with E-state index in [-0.39, 0.29) is 5.91 Å². The molecule has 1 aliphatic carbocycles. The van der Waals surface area contributed by atoms with Crippen LogP contribution in [0.3, 0.4) is 0 Å². The summed E-state index contributed by atoms with van der Waals surface area (Å²) in [5, 5.41) is 5.63. The van der Waals surface area contributed by atoms with Gasteiger partial charge in [0.2, 0.25) is 5.91 Å². The van der Waals surface area contributed by atoms with Crippen molar-refractivity contribution in [2.45, 2.75) is 37.9 Å². The van der Waals surface area contributed by atoms with E-state index in [1.165, 1.54) is 23.5 Å². The van der Waals surface area contributed by atoms with Gasteiger partial charge in [-0.25, -0.2) is 4.98 Å². The largest absolute Gasteiger partial charge is 0.416 e. The van der Waals surface area contributed by atoms with E-state index in [0.29, 0.717) is 24.1 Å². The molecule has 1 aromatic heterocycles. The number of carbonyl (C=O) groups excluding carboxylic acids is 1. The van der Waals surface area contributed by atoms with Gasteiger partial charge in [-0.3, -0.25) is 4.79 Å². The highest BCUT2D eigenvalue weighted by Crippen LogP contribution is 2.42. The molecule has 1 fully saturated rings. The number of amides is 1. The van der Waals surface area contributed by atoms with Crippen molar-refractivity contribution in [3.05, 3.63) is 57.6 Å². The summed E-state index contributed by atoms with van der Waals surface area (Å²) in [6.07, 6.45) is 0.714. The minimum atomic E-state index is -4.40. The second-order valence-corrected chi connectivity index (χ2v) is 7.19. The van der Waals surface area contributed by atoms with Gasteiger partial charge in [0.05, 0.1) is 21.8 Å². The molecule has 25 heavy (non-hydrogen) atoms. The summed E-state index contributed by atoms with van der Waals surface area (Å²) in [6, 6.07) is 5.20. The maximum Gasteiger partial charge on any atom is 0.416 e. The zero-order valence-electron chi connectivity index (χ0n) is 13.6. The third-order valence-corrected chi connectivity index (χ3v) is 5.15. The zero-order valence-corrected chi connectivity index (χ0v) is 14.4. The molecule has 0 bridgehead atoms. The number of rotatable bonds is 4. The molecule has 3 rings (SSSR count). The molecule has 132 valence electrons. The number of nitrogens with one attached hydrogen (secondary N) is 1. The molecule has 1 aliphatic rings. The van der Waals surface area contributed by atoms with Crippen molar-refractivity contribution in [3.8, 4) is 0 Å². The molecule has 2 aromatic rings. The molecule has 3 nitrogen and oxygen atoms in total. The van der Waals surface area contributed by atoms with Gasteiger partial charge < -0.3 is 5.32 Å². The molecule has 0 saturated heterocycles. The summed E-state index contributed by atoms with van der Waals surface area (Å²) in [5.41, 5.74) is -0.223. The van der Waals surface area contributed by atoms with Crippen LogP contribution in [0, 0.1) is 6.92 Å². The Hall–Kier alpha value is -2.15. The van der Waals surface area contributed by atoms with Crippen molar-refractivity contribution >= 4 is 23.3 Å². The van der Waals surface area contributed by atoms with E-state index in [4.69, 9.17) is 0 Å². The van der Waals surface area contributed by atoms with Gasteiger partial charge in [-0.05, 0) is 50.0 Å². The summed E-state index contributed by atoms with van der Waals surface area (Å²) in [7, 11) is 0. The van der Waals surface area contributed by atoms with Gasteiger partial charge in [0.15, 0.2) is 0 Å². The van der Waals surface area contributed by atoms with Gasteiger partial charge in [-0.1, -0.05) is 12.1 Å². The van der Waals surface area contributed by atoms with E-state index in [1.807, 2.05) is 12.3 Å². The Kier molecular flexibility index (Phi) is 4.69. The number of thiazole rings is 1. The average Bonchev–Trinajstić information content (AvgIpc) is 2.94. The molecule has 0 radical (unpaired) electrons. The molecule has 1 saturated carbocycles. The lowest BCUT2D eigenvalue weighted by Crippen LogP contribution is -2.50. The Bertz CT molecular complexity index is 807. The van der Waals surface area contributed by atoms with Gasteiger partial charge in [0.1, 0.15) is 0 Å². The van der Waals surface area contributed by atoms with E-state index in [9.17, 15) is 18.0 Å². The lowest BCUT2D eigenvalue weighted by Gasteiger charge is -2.43. The molecule has 1 N–H and O–H groups in total. The molecule has 1 aromatic carbocycles. The molecule has 0 unspecified atom stereocenters. The van der Waals surface area contributed by atoms with E-state index < -0.39 is 17.3 Å². The first-order chi connectivity index (χ1) is 11.8. The van der Waals surface area contributed by atoms with E-state index >= 15 is 0 Å². The minimum absolute atomic E-state index is 0.331. The number of alkyl halides is 3. The predicted octanol–water partition coefficient (Wildman–Crippen LogP) is 4.68. The second kappa shape index (κ2) is 6.63. The number of aryl methyl sites for hydroxylation is 1. The normalized spacial score (nSPS) is 16.6. The molecule has 1 heterocycles. The Morgan fingerprint density at radius 3 is 2.68 bits per heavy atom. The molecular weight excluding hydrogens is 349 g/mol. The van der Waals surface area contributed by atoms with Gasteiger partial charge in [0, 0.05) is 11.5 Å². The summed E-state index contributed by atoms with van der Waals surface area (Å²) < 4.78 is 38.8. The Labute approximate surface area is 147 Å². The Balaban J connectivity index is 1.77. The van der Waals surface area contributed by atoms with Crippen LogP contribution in [0.2, 0.25) is 0 Å². The molecule has 1 amide bonds. The maximum atomic E-state index is 12.9. The standard InChI is InChI=1S/C18H17F3N2OS/c1-12-22-15(11-25-12)6-7-16(24)23-17(8-3-9-17)13-4-2-5-14(10-13)18(19,20)21/h2,4-7,10-11H,3,8-9H2,1H3,(H,23,24). The number of benzene rings is 1. The highest BCUT2D eigenvalue weighted by atomic mass is 32.1. The lowest BCUT2D eigenvalue weighted by molar-refractivity contribution is -0.137. The van der Waals surface area contributed by atoms with Crippen molar-refractivity contribution in [1.82, 2.24) is 10.3 Å². The van der Waals surface area contributed by atoms with Gasteiger partial charge >= 0.3 is 6.18 Å². The number of hydrogen-bond donors (Lipinski definition) is 1. The quantitative estimate of drug-likeness (QED) is 0.799. The second-order valence-electron chi connectivity index (χ2n) is 6.13. The maximum absolute atomic E-state index is 12.9. The first kappa shape index (κ1) is 17.7. The predicted molar refractivity (Wildman–Crippen MR) is 91.0 cm³/mol. The highest BCUT2D eigenvalue weighted by Gasteiger charge is 2.41. The number of hydrogen-bond acceptors (Lipinski definition) is 3. The van der Waals surface area contributed by atoms with E-state index in [0.717, 1.165) is 23.6 Å². The minimum Gasteiger partial charge on any atom is -0.343 e. The van der Waals surface area contributed by atoms with Crippen LogP contribution in [-0.4, -0.2) is 10.9 Å². The Morgan fingerprint density at radius 1 is 1.36 bits per heavy atom. The fourth-order valence-corrected chi connectivity index (χ4v) is 3.49. The van der Waals surface area contributed by atoms with Gasteiger partial charge in [-0.15, -0.1) is 11.3 Å². The van der Waals surface area contributed by atoms with Crippen LogP contribution in [0.25, 0.3) is 6.08 Å². The third-order valence-electron chi connectivity index (χ3n) is 4.35. The first-order valence-electron chi connectivity index (χ1n) is 7.89. The van der Waals surface area contributed by atoms with Crippen LogP contribution in [0.1, 0.15) is 41.1 Å². The summed E-state index contributed by atoms with van der Waals surface area (Å²) in [4.78, 5) is 16.5. The highest BCUT2D eigenvalue weighted by molar-refractivity contribution is 7.09. The van der Waals surface area contributed by atoms with Crippen LogP contribution < -0.4 is 5.32 Å². The van der Waals surface area contributed by atoms with Crippen LogP contribution in [0.5, 0.6) is 0 Å². The molecule has 7 heteroatoms.